The van der Waals surface area contributed by atoms with Gasteiger partial charge in [0, 0.05) is 17.0 Å². The SMILES string of the molecule is CC(C)(C)c1nn(-c2ccc(F)cc2)c2c1C(c1ccc(F)cc1)SCC(=O)N2CC(=O)NC1CC1. The molecule has 0 spiro atoms. The van der Waals surface area contributed by atoms with E-state index in [9.17, 15) is 18.4 Å². The zero-order valence-corrected chi connectivity index (χ0v) is 21.2. The molecule has 9 heteroatoms. The first-order valence-electron chi connectivity index (χ1n) is 12.0. The van der Waals surface area contributed by atoms with Crippen LogP contribution in [0.2, 0.25) is 0 Å². The van der Waals surface area contributed by atoms with Crippen LogP contribution in [-0.2, 0) is 15.0 Å². The Morgan fingerprint density at radius 2 is 1.67 bits per heavy atom. The van der Waals surface area contributed by atoms with Gasteiger partial charge in [0.2, 0.25) is 11.8 Å². The maximum Gasteiger partial charge on any atom is 0.240 e. The van der Waals surface area contributed by atoms with Gasteiger partial charge in [-0.3, -0.25) is 14.5 Å². The third kappa shape index (κ3) is 4.89. The number of carbonyl (C=O) groups is 2. The zero-order chi connectivity index (χ0) is 25.6. The Labute approximate surface area is 213 Å². The van der Waals surface area contributed by atoms with Crippen molar-refractivity contribution in [2.24, 2.45) is 0 Å². The Bertz CT molecular complexity index is 1300. The van der Waals surface area contributed by atoms with Gasteiger partial charge in [0.05, 0.1) is 22.4 Å². The quantitative estimate of drug-likeness (QED) is 0.531. The summed E-state index contributed by atoms with van der Waals surface area (Å²) >= 11 is 1.43. The van der Waals surface area contributed by atoms with Crippen LogP contribution < -0.4 is 10.2 Å². The van der Waals surface area contributed by atoms with E-state index in [2.05, 4.69) is 5.32 Å². The summed E-state index contributed by atoms with van der Waals surface area (Å²) in [6.07, 6.45) is 1.88. The van der Waals surface area contributed by atoms with Crippen molar-refractivity contribution in [3.05, 3.63) is 77.0 Å². The predicted octanol–water partition coefficient (Wildman–Crippen LogP) is 4.90. The summed E-state index contributed by atoms with van der Waals surface area (Å²) in [5.41, 5.74) is 2.56. The lowest BCUT2D eigenvalue weighted by Crippen LogP contribution is -2.43. The van der Waals surface area contributed by atoms with Crippen LogP contribution in [0.1, 0.15) is 55.7 Å². The fourth-order valence-corrected chi connectivity index (χ4v) is 5.58. The molecule has 1 fully saturated rings. The van der Waals surface area contributed by atoms with Gasteiger partial charge in [-0.2, -0.15) is 5.10 Å². The molecule has 1 aromatic heterocycles. The number of benzene rings is 2. The van der Waals surface area contributed by atoms with E-state index >= 15 is 0 Å². The van der Waals surface area contributed by atoms with E-state index in [0.717, 1.165) is 29.7 Å². The summed E-state index contributed by atoms with van der Waals surface area (Å²) < 4.78 is 29.2. The van der Waals surface area contributed by atoms with Crippen LogP contribution in [0.5, 0.6) is 0 Å². The molecule has 0 saturated heterocycles. The molecule has 36 heavy (non-hydrogen) atoms. The van der Waals surface area contributed by atoms with Crippen molar-refractivity contribution in [3.8, 4) is 5.69 Å². The van der Waals surface area contributed by atoms with Gasteiger partial charge in [-0.05, 0) is 54.8 Å². The first kappa shape index (κ1) is 24.5. The number of nitrogens with one attached hydrogen (secondary N) is 1. The monoisotopic (exact) mass is 510 g/mol. The summed E-state index contributed by atoms with van der Waals surface area (Å²) in [4.78, 5) is 27.9. The average molecular weight is 511 g/mol. The fourth-order valence-electron chi connectivity index (χ4n) is 4.38. The molecule has 2 aromatic carbocycles. The highest BCUT2D eigenvalue weighted by atomic mass is 32.2. The number of aromatic nitrogens is 2. The largest absolute Gasteiger partial charge is 0.352 e. The Hall–Kier alpha value is -3.20. The molecule has 1 atom stereocenters. The topological polar surface area (TPSA) is 67.2 Å². The zero-order valence-electron chi connectivity index (χ0n) is 20.4. The van der Waals surface area contributed by atoms with Gasteiger partial charge in [0.25, 0.3) is 0 Å². The van der Waals surface area contributed by atoms with Gasteiger partial charge in [-0.25, -0.2) is 13.5 Å². The van der Waals surface area contributed by atoms with Crippen molar-refractivity contribution in [1.82, 2.24) is 15.1 Å². The van der Waals surface area contributed by atoms with E-state index in [0.29, 0.717) is 11.5 Å². The van der Waals surface area contributed by atoms with E-state index in [1.807, 2.05) is 20.8 Å². The van der Waals surface area contributed by atoms with Gasteiger partial charge in [-0.15, -0.1) is 11.8 Å². The fraction of sp³-hybridized carbons (Fsp3) is 0.370. The van der Waals surface area contributed by atoms with Crippen molar-refractivity contribution in [1.29, 1.82) is 0 Å². The third-order valence-electron chi connectivity index (χ3n) is 6.29. The van der Waals surface area contributed by atoms with Crippen LogP contribution in [0.4, 0.5) is 14.6 Å². The minimum Gasteiger partial charge on any atom is -0.352 e. The van der Waals surface area contributed by atoms with E-state index < -0.39 is 5.41 Å². The van der Waals surface area contributed by atoms with Crippen LogP contribution in [0.25, 0.3) is 5.69 Å². The molecule has 0 bridgehead atoms. The van der Waals surface area contributed by atoms with E-state index in [4.69, 9.17) is 5.10 Å². The molecule has 2 amide bonds. The molecule has 2 heterocycles. The van der Waals surface area contributed by atoms with E-state index in [1.165, 1.54) is 40.9 Å². The summed E-state index contributed by atoms with van der Waals surface area (Å²) in [6, 6.07) is 12.3. The molecule has 188 valence electrons. The minimum absolute atomic E-state index is 0.139. The smallest absolute Gasteiger partial charge is 0.240 e. The lowest BCUT2D eigenvalue weighted by molar-refractivity contribution is -0.123. The van der Waals surface area contributed by atoms with Gasteiger partial charge >= 0.3 is 0 Å². The molecular weight excluding hydrogens is 482 g/mol. The number of anilines is 1. The first-order valence-corrected chi connectivity index (χ1v) is 13.0. The molecule has 0 radical (unpaired) electrons. The number of fused-ring (bicyclic) bond motifs is 1. The second-order valence-electron chi connectivity index (χ2n) is 10.3. The summed E-state index contributed by atoms with van der Waals surface area (Å²) in [5.74, 6) is -0.552. The van der Waals surface area contributed by atoms with Crippen molar-refractivity contribution in [2.45, 2.75) is 50.3 Å². The Morgan fingerprint density at radius 1 is 1.06 bits per heavy atom. The van der Waals surface area contributed by atoms with Crippen molar-refractivity contribution in [3.63, 3.8) is 0 Å². The van der Waals surface area contributed by atoms with Crippen LogP contribution >= 0.6 is 11.8 Å². The standard InChI is InChI=1S/C27H28F2N4O2S/c1-27(2,3)25-23-24(16-4-6-17(28)7-5-16)36-15-22(35)32(14-21(34)30-19-10-11-19)26(23)33(31-25)20-12-8-18(29)9-13-20/h4-9,12-13,19,24H,10-11,14-15H2,1-3H3,(H,30,34). The normalized spacial score (nSPS) is 18.1. The third-order valence-corrected chi connectivity index (χ3v) is 7.54. The maximum atomic E-state index is 13.8. The maximum absolute atomic E-state index is 13.8. The second kappa shape index (κ2) is 9.35. The Balaban J connectivity index is 1.73. The molecule has 1 saturated carbocycles. The van der Waals surface area contributed by atoms with Crippen LogP contribution in [-0.4, -0.2) is 39.9 Å². The number of thioether (sulfide) groups is 1. The molecule has 1 aliphatic carbocycles. The molecule has 1 N–H and O–H groups in total. The lowest BCUT2D eigenvalue weighted by Gasteiger charge is -2.24. The number of nitrogens with zero attached hydrogens (tertiary/aromatic N) is 3. The van der Waals surface area contributed by atoms with Crippen LogP contribution in [0, 0.1) is 11.6 Å². The number of amides is 2. The highest BCUT2D eigenvalue weighted by Crippen LogP contribution is 2.48. The minimum atomic E-state index is -0.413. The van der Waals surface area contributed by atoms with Crippen molar-refractivity contribution >= 4 is 29.4 Å². The van der Waals surface area contributed by atoms with Gasteiger partial charge in [-0.1, -0.05) is 32.9 Å². The average Bonchev–Trinajstić information content (AvgIpc) is 3.57. The Kier molecular flexibility index (Phi) is 6.36. The predicted molar refractivity (Wildman–Crippen MR) is 136 cm³/mol. The molecule has 6 nitrogen and oxygen atoms in total. The summed E-state index contributed by atoms with van der Waals surface area (Å²) in [7, 11) is 0. The number of carbonyl (C=O) groups excluding carboxylic acids is 2. The van der Waals surface area contributed by atoms with E-state index in [1.54, 1.807) is 28.9 Å². The molecule has 1 aliphatic heterocycles. The number of hydrogen-bond acceptors (Lipinski definition) is 4. The van der Waals surface area contributed by atoms with Gasteiger partial charge in [0.1, 0.15) is 24.0 Å². The number of hydrogen-bond donors (Lipinski definition) is 1. The molecule has 1 unspecified atom stereocenters. The van der Waals surface area contributed by atoms with Gasteiger partial charge in [0.15, 0.2) is 0 Å². The number of halogens is 2. The molecular formula is C27H28F2N4O2S. The molecule has 3 aromatic rings. The summed E-state index contributed by atoms with van der Waals surface area (Å²) in [6.45, 7) is 5.96. The second-order valence-corrected chi connectivity index (χ2v) is 11.4. The van der Waals surface area contributed by atoms with Crippen LogP contribution in [0.3, 0.4) is 0 Å². The van der Waals surface area contributed by atoms with Gasteiger partial charge < -0.3 is 5.32 Å². The number of rotatable bonds is 5. The van der Waals surface area contributed by atoms with Crippen LogP contribution in [0.15, 0.2) is 48.5 Å². The molecule has 5 rings (SSSR count). The molecule has 2 aliphatic rings. The van der Waals surface area contributed by atoms with E-state index in [-0.39, 0.29) is 47.0 Å². The first-order chi connectivity index (χ1) is 17.1. The highest BCUT2D eigenvalue weighted by Gasteiger charge is 2.40. The van der Waals surface area contributed by atoms with Crippen molar-refractivity contribution < 1.29 is 18.4 Å². The Morgan fingerprint density at radius 3 is 2.25 bits per heavy atom. The lowest BCUT2D eigenvalue weighted by atomic mass is 9.87. The highest BCUT2D eigenvalue weighted by molar-refractivity contribution is 8.00. The summed E-state index contributed by atoms with van der Waals surface area (Å²) in [5, 5.41) is 7.59. The van der Waals surface area contributed by atoms with Crippen molar-refractivity contribution in [2.75, 3.05) is 17.2 Å².